The van der Waals surface area contributed by atoms with Gasteiger partial charge in [-0.15, -0.1) is 0 Å². The van der Waals surface area contributed by atoms with Gasteiger partial charge in [0, 0.05) is 5.56 Å². The molecule has 0 bridgehead atoms. The molecular weight excluding hydrogens is 362 g/mol. The number of rotatable bonds is 7. The third kappa shape index (κ3) is 4.13. The number of hydrogen-bond acceptors (Lipinski definition) is 6. The Kier molecular flexibility index (Phi) is 6.44. The van der Waals surface area contributed by atoms with Crippen molar-refractivity contribution in [2.24, 2.45) is 0 Å². The summed E-state index contributed by atoms with van der Waals surface area (Å²) in [4.78, 5) is 25.2. The highest BCUT2D eigenvalue weighted by Crippen LogP contribution is 2.38. The Morgan fingerprint density at radius 2 is 2.20 bits per heavy atom. The minimum Gasteiger partial charge on any atom is -0.493 e. The van der Waals surface area contributed by atoms with Gasteiger partial charge in [-0.2, -0.15) is 0 Å². The van der Waals surface area contributed by atoms with Crippen LogP contribution in [0, 0.1) is 0 Å². The molecule has 1 aromatic rings. The van der Waals surface area contributed by atoms with Gasteiger partial charge in [0.05, 0.1) is 18.6 Å². The maximum Gasteiger partial charge on any atom is 0.326 e. The van der Waals surface area contributed by atoms with Crippen LogP contribution in [-0.2, 0) is 9.59 Å². The SMILES string of the molecule is CCCOc1c(/C=C2\SC(=S)N([C@H](C)C(=O)O)C2=O)cccc1OC. The molecule has 1 aromatic carbocycles. The van der Waals surface area contributed by atoms with Gasteiger partial charge in [-0.05, 0) is 25.5 Å². The molecule has 0 saturated carbocycles. The lowest BCUT2D eigenvalue weighted by atomic mass is 10.1. The van der Waals surface area contributed by atoms with E-state index in [0.717, 1.165) is 23.1 Å². The molecule has 1 amide bonds. The van der Waals surface area contributed by atoms with E-state index in [9.17, 15) is 9.59 Å². The number of methoxy groups -OCH3 is 1. The number of hydrogen-bond donors (Lipinski definition) is 1. The first kappa shape index (κ1) is 19.3. The van der Waals surface area contributed by atoms with Crippen LogP contribution in [0.25, 0.3) is 6.08 Å². The van der Waals surface area contributed by atoms with Crippen molar-refractivity contribution in [2.45, 2.75) is 26.3 Å². The van der Waals surface area contributed by atoms with Crippen molar-refractivity contribution >= 4 is 46.3 Å². The Bertz CT molecular complexity index is 732. The van der Waals surface area contributed by atoms with Crippen molar-refractivity contribution in [3.8, 4) is 11.5 Å². The number of carbonyl (C=O) groups is 2. The molecule has 0 unspecified atom stereocenters. The summed E-state index contributed by atoms with van der Waals surface area (Å²) in [7, 11) is 1.55. The van der Waals surface area contributed by atoms with Crippen LogP contribution in [0.2, 0.25) is 0 Å². The maximum atomic E-state index is 12.6. The van der Waals surface area contributed by atoms with E-state index in [2.05, 4.69) is 0 Å². The molecule has 2 rings (SSSR count). The van der Waals surface area contributed by atoms with E-state index in [1.54, 1.807) is 31.4 Å². The quantitative estimate of drug-likeness (QED) is 0.574. The summed E-state index contributed by atoms with van der Waals surface area (Å²) in [6, 6.07) is 4.37. The van der Waals surface area contributed by atoms with Gasteiger partial charge in [0.25, 0.3) is 5.91 Å². The molecule has 134 valence electrons. The van der Waals surface area contributed by atoms with Crippen LogP contribution >= 0.6 is 24.0 Å². The van der Waals surface area contributed by atoms with Crippen molar-refractivity contribution in [3.05, 3.63) is 28.7 Å². The lowest BCUT2D eigenvalue weighted by Crippen LogP contribution is -2.41. The molecule has 0 aliphatic carbocycles. The molecule has 8 heteroatoms. The Hall–Kier alpha value is -2.06. The predicted molar refractivity (Wildman–Crippen MR) is 101 cm³/mol. The van der Waals surface area contributed by atoms with Crippen LogP contribution in [0.4, 0.5) is 0 Å². The fourth-order valence-corrected chi connectivity index (χ4v) is 3.64. The van der Waals surface area contributed by atoms with Crippen LogP contribution in [-0.4, -0.2) is 46.0 Å². The lowest BCUT2D eigenvalue weighted by Gasteiger charge is -2.18. The number of nitrogens with zero attached hydrogens (tertiary/aromatic N) is 1. The van der Waals surface area contributed by atoms with Crippen LogP contribution < -0.4 is 9.47 Å². The average molecular weight is 381 g/mol. The van der Waals surface area contributed by atoms with E-state index >= 15 is 0 Å². The minimum atomic E-state index is -1.11. The molecule has 0 spiro atoms. The fourth-order valence-electron chi connectivity index (χ4n) is 2.23. The van der Waals surface area contributed by atoms with Crippen LogP contribution in [0.5, 0.6) is 11.5 Å². The number of ether oxygens (including phenoxy) is 2. The van der Waals surface area contributed by atoms with Crippen molar-refractivity contribution in [1.29, 1.82) is 0 Å². The number of benzene rings is 1. The molecule has 1 saturated heterocycles. The number of para-hydroxylation sites is 1. The molecular formula is C17H19NO5S2. The molecule has 1 N–H and O–H groups in total. The highest BCUT2D eigenvalue weighted by molar-refractivity contribution is 8.26. The largest absolute Gasteiger partial charge is 0.493 e. The van der Waals surface area contributed by atoms with Gasteiger partial charge in [0.2, 0.25) is 0 Å². The summed E-state index contributed by atoms with van der Waals surface area (Å²) in [5, 5.41) is 9.14. The highest BCUT2D eigenvalue weighted by Gasteiger charge is 2.38. The predicted octanol–water partition coefficient (Wildman–Crippen LogP) is 3.16. The van der Waals surface area contributed by atoms with Crippen molar-refractivity contribution in [3.63, 3.8) is 0 Å². The smallest absolute Gasteiger partial charge is 0.326 e. The van der Waals surface area contributed by atoms with Gasteiger partial charge in [-0.3, -0.25) is 9.69 Å². The van der Waals surface area contributed by atoms with Gasteiger partial charge >= 0.3 is 5.97 Å². The van der Waals surface area contributed by atoms with Crippen molar-refractivity contribution < 1.29 is 24.2 Å². The second kappa shape index (κ2) is 8.35. The number of amides is 1. The zero-order valence-corrected chi connectivity index (χ0v) is 15.8. The molecule has 0 radical (unpaired) electrons. The van der Waals surface area contributed by atoms with Gasteiger partial charge in [0.15, 0.2) is 11.5 Å². The van der Waals surface area contributed by atoms with Crippen LogP contribution in [0.1, 0.15) is 25.8 Å². The van der Waals surface area contributed by atoms with Gasteiger partial charge < -0.3 is 14.6 Å². The topological polar surface area (TPSA) is 76.1 Å². The van der Waals surface area contributed by atoms with Crippen LogP contribution in [0.15, 0.2) is 23.1 Å². The van der Waals surface area contributed by atoms with Crippen molar-refractivity contribution in [2.75, 3.05) is 13.7 Å². The van der Waals surface area contributed by atoms with E-state index in [1.165, 1.54) is 6.92 Å². The first-order valence-electron chi connectivity index (χ1n) is 7.70. The zero-order valence-electron chi connectivity index (χ0n) is 14.1. The lowest BCUT2D eigenvalue weighted by molar-refractivity contribution is -0.144. The summed E-state index contributed by atoms with van der Waals surface area (Å²) in [5.74, 6) is -0.417. The second-order valence-corrected chi connectivity index (χ2v) is 6.97. The highest BCUT2D eigenvalue weighted by atomic mass is 32.2. The summed E-state index contributed by atoms with van der Waals surface area (Å²) < 4.78 is 11.3. The van der Waals surface area contributed by atoms with E-state index in [0.29, 0.717) is 28.6 Å². The molecule has 1 fully saturated rings. The Balaban J connectivity index is 2.39. The summed E-state index contributed by atoms with van der Waals surface area (Å²) in [6.07, 6.45) is 2.48. The maximum absolute atomic E-state index is 12.6. The zero-order chi connectivity index (χ0) is 18.6. The Morgan fingerprint density at radius 1 is 1.48 bits per heavy atom. The Labute approximate surface area is 155 Å². The molecule has 1 atom stereocenters. The molecule has 0 aromatic heterocycles. The molecule has 1 aliphatic heterocycles. The summed E-state index contributed by atoms with van der Waals surface area (Å²) in [6.45, 7) is 3.93. The van der Waals surface area contributed by atoms with Crippen molar-refractivity contribution in [1.82, 2.24) is 4.90 Å². The molecule has 1 heterocycles. The first-order chi connectivity index (χ1) is 11.9. The van der Waals surface area contributed by atoms with E-state index in [4.69, 9.17) is 26.8 Å². The molecule has 6 nitrogen and oxygen atoms in total. The first-order valence-corrected chi connectivity index (χ1v) is 8.92. The van der Waals surface area contributed by atoms with Gasteiger partial charge in [-0.1, -0.05) is 43.0 Å². The van der Waals surface area contributed by atoms with E-state index < -0.39 is 17.9 Å². The van der Waals surface area contributed by atoms with Crippen LogP contribution in [0.3, 0.4) is 0 Å². The summed E-state index contributed by atoms with van der Waals surface area (Å²) in [5.41, 5.74) is 0.677. The third-order valence-corrected chi connectivity index (χ3v) is 4.87. The Morgan fingerprint density at radius 3 is 2.80 bits per heavy atom. The standard InChI is InChI=1S/C17H19NO5S2/c1-4-8-23-14-11(6-5-7-12(14)22-3)9-13-15(19)18(17(24)25-13)10(2)16(20)21/h5-7,9-10H,4,8H2,1-3H3,(H,20,21)/b13-9-/t10-/m1/s1. The van der Waals surface area contributed by atoms with Gasteiger partial charge in [-0.25, -0.2) is 4.79 Å². The van der Waals surface area contributed by atoms with E-state index in [1.807, 2.05) is 6.92 Å². The molecule has 25 heavy (non-hydrogen) atoms. The number of thiocarbonyl (C=S) groups is 1. The monoisotopic (exact) mass is 381 g/mol. The summed E-state index contributed by atoms with van der Waals surface area (Å²) >= 11 is 6.24. The third-order valence-electron chi connectivity index (χ3n) is 3.53. The number of carbonyl (C=O) groups excluding carboxylic acids is 1. The number of thioether (sulfide) groups is 1. The number of aliphatic carboxylic acids is 1. The number of carboxylic acid groups (broad SMARTS) is 1. The number of carboxylic acids is 1. The fraction of sp³-hybridized carbons (Fsp3) is 0.353. The van der Waals surface area contributed by atoms with Gasteiger partial charge in [0.1, 0.15) is 10.4 Å². The molecule has 1 aliphatic rings. The minimum absolute atomic E-state index is 0.227. The second-order valence-electron chi connectivity index (χ2n) is 5.29. The van der Waals surface area contributed by atoms with E-state index in [-0.39, 0.29) is 4.32 Å². The average Bonchev–Trinajstić information content (AvgIpc) is 2.86. The normalized spacial score (nSPS) is 17.1.